The number of rotatable bonds is 5. The number of aliphatic hydroxyl groups excluding tert-OH is 2. The summed E-state index contributed by atoms with van der Waals surface area (Å²) in [4.78, 5) is 11.1. The molecule has 0 radical (unpaired) electrons. The number of carbonyl (C=O) groups is 1. The van der Waals surface area contributed by atoms with Crippen molar-refractivity contribution in [2.75, 3.05) is 19.0 Å². The van der Waals surface area contributed by atoms with Crippen molar-refractivity contribution in [3.8, 4) is 5.75 Å². The molecule has 0 aliphatic rings. The molecular weight excluding hydrogens is 222 g/mol. The Labute approximate surface area is 100 Å². The molecule has 0 spiro atoms. The van der Waals surface area contributed by atoms with E-state index in [1.807, 2.05) is 0 Å². The molecule has 1 rings (SSSR count). The smallest absolute Gasteiger partial charge is 0.221 e. The zero-order valence-corrected chi connectivity index (χ0v) is 9.93. The van der Waals surface area contributed by atoms with Crippen LogP contribution in [0.15, 0.2) is 18.2 Å². The number of hydrogen-bond donors (Lipinski definition) is 3. The minimum Gasteiger partial charge on any atom is -0.497 e. The Morgan fingerprint density at radius 3 is 2.76 bits per heavy atom. The topological polar surface area (TPSA) is 78.8 Å². The van der Waals surface area contributed by atoms with Crippen molar-refractivity contribution in [3.05, 3.63) is 23.8 Å². The van der Waals surface area contributed by atoms with Gasteiger partial charge in [-0.1, -0.05) is 6.07 Å². The minimum atomic E-state index is -0.812. The van der Waals surface area contributed by atoms with Gasteiger partial charge in [0.1, 0.15) is 5.75 Å². The molecule has 5 nitrogen and oxygen atoms in total. The number of carbonyl (C=O) groups excluding carboxylic acids is 1. The third-order valence-corrected chi connectivity index (χ3v) is 2.33. The molecule has 0 saturated heterocycles. The monoisotopic (exact) mass is 239 g/mol. The normalized spacial score (nSPS) is 12.0. The van der Waals surface area contributed by atoms with Gasteiger partial charge in [0.05, 0.1) is 18.9 Å². The molecule has 3 N–H and O–H groups in total. The van der Waals surface area contributed by atoms with Gasteiger partial charge in [-0.25, -0.2) is 0 Å². The highest BCUT2D eigenvalue weighted by molar-refractivity contribution is 5.89. The Bertz CT molecular complexity index is 392. The van der Waals surface area contributed by atoms with Crippen molar-refractivity contribution < 1.29 is 19.7 Å². The van der Waals surface area contributed by atoms with Crippen molar-refractivity contribution in [2.45, 2.75) is 19.4 Å². The van der Waals surface area contributed by atoms with E-state index in [1.54, 1.807) is 18.2 Å². The lowest BCUT2D eigenvalue weighted by atomic mass is 10.0. The van der Waals surface area contributed by atoms with Gasteiger partial charge in [-0.3, -0.25) is 4.79 Å². The second-order valence-corrected chi connectivity index (χ2v) is 3.66. The molecule has 0 aliphatic heterocycles. The van der Waals surface area contributed by atoms with Gasteiger partial charge >= 0.3 is 0 Å². The number of amides is 1. The van der Waals surface area contributed by atoms with E-state index in [1.165, 1.54) is 14.0 Å². The van der Waals surface area contributed by atoms with Gasteiger partial charge in [0.2, 0.25) is 5.91 Å². The highest BCUT2D eigenvalue weighted by Gasteiger charge is 2.13. The van der Waals surface area contributed by atoms with Crippen molar-refractivity contribution in [2.24, 2.45) is 0 Å². The zero-order chi connectivity index (χ0) is 12.8. The lowest BCUT2D eigenvalue weighted by Gasteiger charge is -2.16. The first-order chi connectivity index (χ1) is 8.08. The van der Waals surface area contributed by atoms with Crippen LogP contribution in [0.2, 0.25) is 0 Å². The Morgan fingerprint density at radius 2 is 2.24 bits per heavy atom. The number of benzene rings is 1. The van der Waals surface area contributed by atoms with E-state index in [0.717, 1.165) is 0 Å². The van der Waals surface area contributed by atoms with Crippen LogP contribution < -0.4 is 10.1 Å². The standard InChI is InChI=1S/C12H17NO4/c1-8(15)13-11-7-9(17-2)3-4-10(11)12(16)5-6-14/h3-4,7,12,14,16H,5-6H2,1-2H3,(H,13,15). The highest BCUT2D eigenvalue weighted by atomic mass is 16.5. The van der Waals surface area contributed by atoms with Crippen LogP contribution in [0.1, 0.15) is 25.0 Å². The van der Waals surface area contributed by atoms with E-state index in [-0.39, 0.29) is 18.9 Å². The molecule has 1 aromatic carbocycles. The van der Waals surface area contributed by atoms with Gasteiger partial charge < -0.3 is 20.3 Å². The number of hydrogen-bond acceptors (Lipinski definition) is 4. The van der Waals surface area contributed by atoms with Gasteiger partial charge in [-0.15, -0.1) is 0 Å². The third kappa shape index (κ3) is 3.72. The molecule has 0 bridgehead atoms. The van der Waals surface area contributed by atoms with E-state index in [4.69, 9.17) is 9.84 Å². The quantitative estimate of drug-likeness (QED) is 0.718. The van der Waals surface area contributed by atoms with E-state index < -0.39 is 6.10 Å². The summed E-state index contributed by atoms with van der Waals surface area (Å²) in [6, 6.07) is 5.00. The summed E-state index contributed by atoms with van der Waals surface area (Å²) in [5, 5.41) is 21.3. The molecule has 0 heterocycles. The second kappa shape index (κ2) is 6.22. The fourth-order valence-corrected chi connectivity index (χ4v) is 1.53. The van der Waals surface area contributed by atoms with Crippen LogP contribution >= 0.6 is 0 Å². The largest absolute Gasteiger partial charge is 0.497 e. The van der Waals surface area contributed by atoms with Gasteiger partial charge in [0.15, 0.2) is 0 Å². The van der Waals surface area contributed by atoms with Crippen molar-refractivity contribution in [3.63, 3.8) is 0 Å². The molecule has 1 aromatic rings. The van der Waals surface area contributed by atoms with Gasteiger partial charge in [-0.2, -0.15) is 0 Å². The number of aliphatic hydroxyl groups is 2. The predicted octanol–water partition coefficient (Wildman–Crippen LogP) is 1.07. The van der Waals surface area contributed by atoms with Crippen LogP contribution in [-0.4, -0.2) is 29.8 Å². The van der Waals surface area contributed by atoms with Crippen LogP contribution in [0, 0.1) is 0 Å². The lowest BCUT2D eigenvalue weighted by Crippen LogP contribution is -2.11. The molecular formula is C12H17NO4. The first-order valence-corrected chi connectivity index (χ1v) is 5.33. The Morgan fingerprint density at radius 1 is 1.53 bits per heavy atom. The van der Waals surface area contributed by atoms with Crippen molar-refractivity contribution in [1.29, 1.82) is 0 Å². The Hall–Kier alpha value is -1.59. The fraction of sp³-hybridized carbons (Fsp3) is 0.417. The fourth-order valence-electron chi connectivity index (χ4n) is 1.53. The molecule has 5 heteroatoms. The van der Waals surface area contributed by atoms with E-state index >= 15 is 0 Å². The molecule has 94 valence electrons. The minimum absolute atomic E-state index is 0.118. The van der Waals surface area contributed by atoms with Gasteiger partial charge in [0, 0.05) is 31.6 Å². The summed E-state index contributed by atoms with van der Waals surface area (Å²) >= 11 is 0. The Balaban J connectivity index is 3.05. The Kier molecular flexibility index (Phi) is 4.93. The summed E-state index contributed by atoms with van der Waals surface area (Å²) in [7, 11) is 1.52. The van der Waals surface area contributed by atoms with E-state index in [2.05, 4.69) is 5.32 Å². The summed E-state index contributed by atoms with van der Waals surface area (Å²) in [6.07, 6.45) is -0.591. The maximum absolute atomic E-state index is 11.1. The SMILES string of the molecule is COc1ccc(C(O)CCO)c(NC(C)=O)c1. The summed E-state index contributed by atoms with van der Waals surface area (Å²) in [6.45, 7) is 1.27. The predicted molar refractivity (Wildman–Crippen MR) is 64.0 cm³/mol. The van der Waals surface area contributed by atoms with Crippen LogP contribution in [-0.2, 0) is 4.79 Å². The van der Waals surface area contributed by atoms with Crippen LogP contribution in [0.25, 0.3) is 0 Å². The second-order valence-electron chi connectivity index (χ2n) is 3.66. The number of nitrogens with one attached hydrogen (secondary N) is 1. The molecule has 0 fully saturated rings. The van der Waals surface area contributed by atoms with Gasteiger partial charge in [-0.05, 0) is 6.07 Å². The molecule has 0 saturated carbocycles. The van der Waals surface area contributed by atoms with E-state index in [0.29, 0.717) is 17.0 Å². The number of ether oxygens (including phenoxy) is 1. The van der Waals surface area contributed by atoms with Crippen LogP contribution in [0.4, 0.5) is 5.69 Å². The molecule has 0 aromatic heterocycles. The molecule has 1 atom stereocenters. The maximum Gasteiger partial charge on any atom is 0.221 e. The molecule has 0 aliphatic carbocycles. The first-order valence-electron chi connectivity index (χ1n) is 5.33. The molecule has 1 amide bonds. The summed E-state index contributed by atoms with van der Waals surface area (Å²) < 4.78 is 5.05. The highest BCUT2D eigenvalue weighted by Crippen LogP contribution is 2.29. The summed E-state index contributed by atoms with van der Waals surface area (Å²) in [5.41, 5.74) is 1.06. The van der Waals surface area contributed by atoms with Crippen molar-refractivity contribution in [1.82, 2.24) is 0 Å². The number of methoxy groups -OCH3 is 1. The number of anilines is 1. The average molecular weight is 239 g/mol. The van der Waals surface area contributed by atoms with Crippen LogP contribution in [0.5, 0.6) is 5.75 Å². The van der Waals surface area contributed by atoms with Crippen molar-refractivity contribution >= 4 is 11.6 Å². The zero-order valence-electron chi connectivity index (χ0n) is 9.93. The average Bonchev–Trinajstić information content (AvgIpc) is 2.28. The molecule has 17 heavy (non-hydrogen) atoms. The van der Waals surface area contributed by atoms with Crippen LogP contribution in [0.3, 0.4) is 0 Å². The maximum atomic E-state index is 11.1. The van der Waals surface area contributed by atoms with E-state index in [9.17, 15) is 9.90 Å². The summed E-state index contributed by atoms with van der Waals surface area (Å²) in [5.74, 6) is 0.365. The van der Waals surface area contributed by atoms with Gasteiger partial charge in [0.25, 0.3) is 0 Å². The molecule has 1 unspecified atom stereocenters. The lowest BCUT2D eigenvalue weighted by molar-refractivity contribution is -0.114. The first kappa shape index (κ1) is 13.5. The third-order valence-electron chi connectivity index (χ3n) is 2.33.